The van der Waals surface area contributed by atoms with Gasteiger partial charge in [0.1, 0.15) is 0 Å². The van der Waals surface area contributed by atoms with Crippen LogP contribution in [0.4, 0.5) is 0 Å². The van der Waals surface area contributed by atoms with E-state index < -0.39 is 0 Å². The first-order valence-electron chi connectivity index (χ1n) is 10.3. The molecule has 0 fully saturated rings. The largest absolute Gasteiger partial charge is 0.0692 e. The van der Waals surface area contributed by atoms with Gasteiger partial charge < -0.3 is 0 Å². The third-order valence-electron chi connectivity index (χ3n) is 7.03. The molecule has 0 aromatic heterocycles. The highest BCUT2D eigenvalue weighted by Crippen LogP contribution is 2.73. The Morgan fingerprint density at radius 3 is 1.68 bits per heavy atom. The molecule has 0 aliphatic heterocycles. The Bertz CT molecular complexity index is 1050. The fourth-order valence-electron chi connectivity index (χ4n) is 5.40. The first-order chi connectivity index (χ1) is 13.6. The minimum Gasteiger partial charge on any atom is -0.0692 e. The van der Waals surface area contributed by atoms with E-state index in [1.165, 1.54) is 39.0 Å². The van der Waals surface area contributed by atoms with Crippen LogP contribution in [0.15, 0.2) is 91.0 Å². The lowest BCUT2D eigenvalue weighted by Gasteiger charge is -2.35. The number of allylic oxidation sites excluding steroid dienone is 4. The van der Waals surface area contributed by atoms with Crippen molar-refractivity contribution in [2.45, 2.75) is 32.6 Å². The summed E-state index contributed by atoms with van der Waals surface area (Å²) in [6.07, 6.45) is 3.63. The third kappa shape index (κ3) is 2.18. The number of rotatable bonds is 4. The second-order valence-corrected chi connectivity index (χ2v) is 8.38. The fourth-order valence-corrected chi connectivity index (χ4v) is 5.40. The van der Waals surface area contributed by atoms with Gasteiger partial charge in [0.25, 0.3) is 0 Å². The smallest absolute Gasteiger partial charge is 0.0322 e. The quantitative estimate of drug-likeness (QED) is 0.454. The highest BCUT2D eigenvalue weighted by atomic mass is 14.6. The Kier molecular flexibility index (Phi) is 3.74. The molecule has 0 heterocycles. The van der Waals surface area contributed by atoms with Crippen molar-refractivity contribution in [3.05, 3.63) is 113 Å². The zero-order valence-electron chi connectivity index (χ0n) is 16.9. The molecule has 0 heteroatoms. The number of hydrogen-bond acceptors (Lipinski definition) is 0. The molecule has 3 aromatic carbocycles. The lowest BCUT2D eigenvalue weighted by atomic mass is 9.66. The van der Waals surface area contributed by atoms with E-state index >= 15 is 0 Å². The maximum absolute atomic E-state index is 2.55. The molecule has 0 radical (unpaired) electrons. The summed E-state index contributed by atoms with van der Waals surface area (Å²) in [5.41, 5.74) is 10.0. The first-order valence-corrected chi connectivity index (χ1v) is 10.3. The molecule has 0 saturated heterocycles. The van der Waals surface area contributed by atoms with Gasteiger partial charge in [0.2, 0.25) is 0 Å². The van der Waals surface area contributed by atoms with Crippen LogP contribution < -0.4 is 0 Å². The van der Waals surface area contributed by atoms with Crippen LogP contribution in [0.25, 0.3) is 16.7 Å². The molecule has 0 spiro atoms. The van der Waals surface area contributed by atoms with Gasteiger partial charge in [-0.3, -0.25) is 0 Å². The van der Waals surface area contributed by atoms with Crippen molar-refractivity contribution >= 4 is 16.7 Å². The minimum absolute atomic E-state index is 0.0112. The van der Waals surface area contributed by atoms with Crippen molar-refractivity contribution in [3.63, 3.8) is 0 Å². The number of fused-ring (bicyclic) bond motifs is 1. The fraction of sp³-hybridized carbons (Fsp3) is 0.214. The SMILES string of the molecule is CCC1=CC(C)(C2(C)C(c3ccccc3)=C2c2ccccc2)c2ccccc21. The highest BCUT2D eigenvalue weighted by Gasteiger charge is 2.62. The maximum Gasteiger partial charge on any atom is 0.0322 e. The molecule has 1 unspecified atom stereocenters. The van der Waals surface area contributed by atoms with Crippen LogP contribution in [0, 0.1) is 5.41 Å². The van der Waals surface area contributed by atoms with Crippen molar-refractivity contribution < 1.29 is 0 Å². The summed E-state index contributed by atoms with van der Waals surface area (Å²) >= 11 is 0. The summed E-state index contributed by atoms with van der Waals surface area (Å²) in [4.78, 5) is 0. The van der Waals surface area contributed by atoms with Crippen LogP contribution in [-0.4, -0.2) is 0 Å². The van der Waals surface area contributed by atoms with Crippen molar-refractivity contribution in [1.29, 1.82) is 0 Å². The molecule has 0 N–H and O–H groups in total. The van der Waals surface area contributed by atoms with Gasteiger partial charge in [-0.15, -0.1) is 0 Å². The predicted octanol–water partition coefficient (Wildman–Crippen LogP) is 7.38. The van der Waals surface area contributed by atoms with Gasteiger partial charge in [0.15, 0.2) is 0 Å². The zero-order valence-corrected chi connectivity index (χ0v) is 16.9. The van der Waals surface area contributed by atoms with Gasteiger partial charge in [-0.05, 0) is 45.4 Å². The van der Waals surface area contributed by atoms with Crippen molar-refractivity contribution in [1.82, 2.24) is 0 Å². The van der Waals surface area contributed by atoms with E-state index in [1.54, 1.807) is 0 Å². The normalized spacial score (nSPS) is 22.0. The second-order valence-electron chi connectivity index (χ2n) is 8.38. The zero-order chi connectivity index (χ0) is 19.4. The van der Waals surface area contributed by atoms with Gasteiger partial charge in [0, 0.05) is 10.8 Å². The van der Waals surface area contributed by atoms with Crippen molar-refractivity contribution in [2.75, 3.05) is 0 Å². The van der Waals surface area contributed by atoms with E-state index in [0.717, 1.165) is 6.42 Å². The van der Waals surface area contributed by atoms with Crippen LogP contribution in [0.1, 0.15) is 49.4 Å². The van der Waals surface area contributed by atoms with Crippen LogP contribution >= 0.6 is 0 Å². The van der Waals surface area contributed by atoms with Crippen LogP contribution in [0.5, 0.6) is 0 Å². The summed E-state index contributed by atoms with van der Waals surface area (Å²) in [7, 11) is 0. The van der Waals surface area contributed by atoms with E-state index in [-0.39, 0.29) is 10.8 Å². The molecule has 28 heavy (non-hydrogen) atoms. The molecule has 2 aliphatic rings. The standard InChI is InChI=1S/C28H26/c1-4-20-19-27(2,24-18-12-11-17-23(20)24)28(3)25(21-13-7-5-8-14-21)26(28)22-15-9-6-10-16-22/h5-19H,4H2,1-3H3. The van der Waals surface area contributed by atoms with Gasteiger partial charge in [-0.1, -0.05) is 112 Å². The molecule has 138 valence electrons. The highest BCUT2D eigenvalue weighted by molar-refractivity contribution is 6.16. The number of benzene rings is 3. The molecular weight excluding hydrogens is 336 g/mol. The molecule has 2 aliphatic carbocycles. The monoisotopic (exact) mass is 362 g/mol. The Morgan fingerprint density at radius 2 is 1.14 bits per heavy atom. The van der Waals surface area contributed by atoms with E-state index in [4.69, 9.17) is 0 Å². The maximum atomic E-state index is 2.55. The second kappa shape index (κ2) is 6.07. The summed E-state index contributed by atoms with van der Waals surface area (Å²) in [6, 6.07) is 30.9. The van der Waals surface area contributed by atoms with Crippen LogP contribution in [0.2, 0.25) is 0 Å². The molecule has 0 saturated carbocycles. The molecule has 1 atom stereocenters. The summed E-state index contributed by atoms with van der Waals surface area (Å²) < 4.78 is 0. The first kappa shape index (κ1) is 17.3. The molecule has 0 amide bonds. The molecule has 5 rings (SSSR count). The van der Waals surface area contributed by atoms with Gasteiger partial charge in [0.05, 0.1) is 0 Å². The van der Waals surface area contributed by atoms with Gasteiger partial charge >= 0.3 is 0 Å². The summed E-state index contributed by atoms with van der Waals surface area (Å²) in [5, 5.41) is 0. The Hall–Kier alpha value is -2.86. The molecular formula is C28H26. The summed E-state index contributed by atoms with van der Waals surface area (Å²) in [5.74, 6) is 0. The topological polar surface area (TPSA) is 0 Å². The predicted molar refractivity (Wildman–Crippen MR) is 120 cm³/mol. The molecule has 0 bridgehead atoms. The van der Waals surface area contributed by atoms with Gasteiger partial charge in [-0.2, -0.15) is 0 Å². The van der Waals surface area contributed by atoms with E-state index in [1.807, 2.05) is 0 Å². The Balaban J connectivity index is 1.73. The summed E-state index contributed by atoms with van der Waals surface area (Å²) in [6.45, 7) is 7.16. The molecule has 0 nitrogen and oxygen atoms in total. The number of hydrogen-bond donors (Lipinski definition) is 0. The minimum atomic E-state index is -0.0364. The lowest BCUT2D eigenvalue weighted by Crippen LogP contribution is -2.31. The van der Waals surface area contributed by atoms with E-state index in [2.05, 4.69) is 112 Å². The average molecular weight is 363 g/mol. The van der Waals surface area contributed by atoms with Crippen LogP contribution in [0.3, 0.4) is 0 Å². The van der Waals surface area contributed by atoms with Crippen LogP contribution in [-0.2, 0) is 5.41 Å². The Morgan fingerprint density at radius 1 is 0.643 bits per heavy atom. The van der Waals surface area contributed by atoms with Crippen molar-refractivity contribution in [2.24, 2.45) is 5.41 Å². The third-order valence-corrected chi connectivity index (χ3v) is 7.03. The van der Waals surface area contributed by atoms with E-state index in [0.29, 0.717) is 0 Å². The van der Waals surface area contributed by atoms with E-state index in [9.17, 15) is 0 Å². The average Bonchev–Trinajstić information content (AvgIpc) is 3.29. The van der Waals surface area contributed by atoms with Gasteiger partial charge in [-0.25, -0.2) is 0 Å². The lowest BCUT2D eigenvalue weighted by molar-refractivity contribution is 0.428. The molecule has 3 aromatic rings. The Labute approximate surface area is 168 Å². The van der Waals surface area contributed by atoms with Crippen molar-refractivity contribution in [3.8, 4) is 0 Å².